The first kappa shape index (κ1) is 22.2. The van der Waals surface area contributed by atoms with Crippen molar-refractivity contribution in [1.29, 1.82) is 5.26 Å². The van der Waals surface area contributed by atoms with Gasteiger partial charge in [-0.2, -0.15) is 10.4 Å². The molecule has 0 aliphatic carbocycles. The number of carbonyl (C=O) groups excluding carboxylic acids is 1. The molecule has 28 heavy (non-hydrogen) atoms. The molecule has 0 bridgehead atoms. The number of carbonyl (C=O) groups is 1. The van der Waals surface area contributed by atoms with Crippen LogP contribution in [0.2, 0.25) is 5.02 Å². The van der Waals surface area contributed by atoms with Gasteiger partial charge in [-0.1, -0.05) is 17.7 Å². The molecule has 0 aliphatic rings. The topological polar surface area (TPSA) is 83.6 Å². The molecule has 0 spiro atoms. The fraction of sp³-hybridized carbons (Fsp3) is 0.111. The highest BCUT2D eigenvalue weighted by Gasteiger charge is 2.09. The summed E-state index contributed by atoms with van der Waals surface area (Å²) in [5.41, 5.74) is 3.61. The first-order valence-corrected chi connectivity index (χ1v) is 12.3. The van der Waals surface area contributed by atoms with Crippen molar-refractivity contribution in [3.05, 3.63) is 58.3 Å². The van der Waals surface area contributed by atoms with Gasteiger partial charge < -0.3 is 5.32 Å². The summed E-state index contributed by atoms with van der Waals surface area (Å²) in [6.07, 6.45) is 3.28. The maximum absolute atomic E-state index is 12.9. The van der Waals surface area contributed by atoms with E-state index in [1.54, 1.807) is 28.8 Å². The number of aldehydes is 1. The van der Waals surface area contributed by atoms with Crippen molar-refractivity contribution in [2.75, 3.05) is 12.4 Å². The van der Waals surface area contributed by atoms with Crippen LogP contribution >= 0.6 is 40.0 Å². The summed E-state index contributed by atoms with van der Waals surface area (Å²) in [7, 11) is 1.85. The predicted molar refractivity (Wildman–Crippen MR) is 121 cm³/mol. The molecule has 1 N–H and O–H groups in total. The summed E-state index contributed by atoms with van der Waals surface area (Å²) in [5.74, 6) is -0.835. The van der Waals surface area contributed by atoms with Gasteiger partial charge in [-0.25, -0.2) is 8.84 Å². The summed E-state index contributed by atoms with van der Waals surface area (Å²) in [4.78, 5) is 14.3. The number of nitrogens with zero attached hydrogens (tertiary/aromatic N) is 4. The van der Waals surface area contributed by atoms with Gasteiger partial charge in [0.25, 0.3) is 0 Å². The number of anilines is 1. The van der Waals surface area contributed by atoms with Crippen molar-refractivity contribution < 1.29 is 9.18 Å². The van der Waals surface area contributed by atoms with E-state index in [4.69, 9.17) is 16.9 Å². The minimum Gasteiger partial charge on any atom is -0.387 e. The van der Waals surface area contributed by atoms with Crippen molar-refractivity contribution in [2.45, 2.75) is 6.92 Å². The quantitative estimate of drug-likeness (QED) is 0.215. The SMILES string of the molecule is CNc1cc(Cl)cnc1C.N#Cc1nn(PI)c2cc(/C=C(\F)C=O)ccc12. The standard InChI is InChI=1S/C11H6FIN3OP.C7H9ClN2/c12-8(6-17)3-7-1-2-9-10(5-14)15-16(18-13)11(9)4-7;1-5-7(9-2)3-6(8)4-10-5/h1-4,6,18H;3-4,9H,1-2H3/b8-3-;. The fourth-order valence-corrected chi connectivity index (χ4v) is 4.00. The minimum atomic E-state index is -0.835. The average Bonchev–Trinajstić information content (AvgIpc) is 3.07. The van der Waals surface area contributed by atoms with Gasteiger partial charge in [0, 0.05) is 18.6 Å². The number of rotatable bonds is 4. The van der Waals surface area contributed by atoms with Crippen LogP contribution in [0.15, 0.2) is 36.3 Å². The summed E-state index contributed by atoms with van der Waals surface area (Å²) in [6, 6.07) is 8.93. The maximum atomic E-state index is 12.9. The normalized spacial score (nSPS) is 11.2. The summed E-state index contributed by atoms with van der Waals surface area (Å²) in [6.45, 7) is 1.93. The van der Waals surface area contributed by atoms with Crippen LogP contribution in [0.1, 0.15) is 17.0 Å². The molecule has 3 aromatic rings. The molecule has 1 aromatic carbocycles. The number of aromatic nitrogens is 3. The Balaban J connectivity index is 0.000000237. The number of hydrogen-bond acceptors (Lipinski definition) is 5. The molecule has 2 heterocycles. The first-order valence-electron chi connectivity index (χ1n) is 7.85. The van der Waals surface area contributed by atoms with Crippen molar-refractivity contribution >= 4 is 69.0 Å². The van der Waals surface area contributed by atoms with E-state index in [9.17, 15) is 9.18 Å². The van der Waals surface area contributed by atoms with Crippen molar-refractivity contribution in [1.82, 2.24) is 14.5 Å². The van der Waals surface area contributed by atoms with Crippen LogP contribution in [0.25, 0.3) is 17.0 Å². The second kappa shape index (κ2) is 10.5. The maximum Gasteiger partial charge on any atom is 0.178 e. The average molecular weight is 530 g/mol. The Hall–Kier alpha value is -2.08. The lowest BCUT2D eigenvalue weighted by molar-refractivity contribution is -0.106. The van der Waals surface area contributed by atoms with E-state index < -0.39 is 5.83 Å². The molecule has 0 saturated carbocycles. The second-order valence-corrected chi connectivity index (χ2v) is 7.89. The van der Waals surface area contributed by atoms with Crippen LogP contribution in [-0.2, 0) is 4.79 Å². The van der Waals surface area contributed by atoms with Gasteiger partial charge in [-0.15, -0.1) is 0 Å². The zero-order valence-corrected chi connectivity index (χ0v) is 18.8. The Morgan fingerprint density at radius 1 is 1.46 bits per heavy atom. The molecule has 1 unspecified atom stereocenters. The first-order chi connectivity index (χ1) is 13.4. The highest BCUT2D eigenvalue weighted by molar-refractivity contribution is 14.2. The molecule has 2 aromatic heterocycles. The number of aryl methyl sites for hydroxylation is 1. The predicted octanol–water partition coefficient (Wildman–Crippen LogP) is 5.29. The lowest BCUT2D eigenvalue weighted by atomic mass is 10.1. The Morgan fingerprint density at radius 2 is 2.21 bits per heavy atom. The third-order valence-electron chi connectivity index (χ3n) is 3.63. The molecule has 1 atom stereocenters. The van der Waals surface area contributed by atoms with Crippen LogP contribution < -0.4 is 5.32 Å². The zero-order chi connectivity index (χ0) is 20.7. The number of benzene rings is 1. The lowest BCUT2D eigenvalue weighted by Crippen LogP contribution is -1.93. The van der Waals surface area contributed by atoms with E-state index in [2.05, 4.69) is 37.4 Å². The van der Waals surface area contributed by atoms with Crippen molar-refractivity contribution in [3.63, 3.8) is 0 Å². The largest absolute Gasteiger partial charge is 0.387 e. The third kappa shape index (κ3) is 5.47. The van der Waals surface area contributed by atoms with Gasteiger partial charge in [0.2, 0.25) is 0 Å². The highest BCUT2D eigenvalue weighted by Crippen LogP contribution is 2.31. The minimum absolute atomic E-state index is 0.155. The summed E-state index contributed by atoms with van der Waals surface area (Å²) in [5, 5.41) is 17.5. The van der Waals surface area contributed by atoms with Crippen LogP contribution in [0.5, 0.6) is 0 Å². The van der Waals surface area contributed by atoms with Gasteiger partial charge in [-0.3, -0.25) is 9.78 Å². The lowest BCUT2D eigenvalue weighted by Gasteiger charge is -2.02. The smallest absolute Gasteiger partial charge is 0.178 e. The fourth-order valence-electron chi connectivity index (χ4n) is 2.32. The number of nitriles is 1. The summed E-state index contributed by atoms with van der Waals surface area (Å²) < 4.78 is 14.6. The number of hydrogen-bond donors (Lipinski definition) is 1. The number of allylic oxidation sites excluding steroid dienone is 1. The molecule has 0 saturated heterocycles. The highest BCUT2D eigenvalue weighted by atomic mass is 127. The molecule has 144 valence electrons. The van der Waals surface area contributed by atoms with Crippen molar-refractivity contribution in [2.24, 2.45) is 0 Å². The molecule has 3 rings (SSSR count). The molecule has 6 nitrogen and oxygen atoms in total. The molecular weight excluding hydrogens is 515 g/mol. The third-order valence-corrected chi connectivity index (χ3v) is 5.71. The van der Waals surface area contributed by atoms with Crippen LogP contribution in [0.3, 0.4) is 0 Å². The Morgan fingerprint density at radius 3 is 2.79 bits per heavy atom. The van der Waals surface area contributed by atoms with Gasteiger partial charge in [-0.05, 0) is 58.8 Å². The van der Waals surface area contributed by atoms with E-state index in [-0.39, 0.29) is 6.29 Å². The molecule has 0 radical (unpaired) electrons. The van der Waals surface area contributed by atoms with E-state index in [1.807, 2.05) is 26.1 Å². The van der Waals surface area contributed by atoms with E-state index in [0.29, 0.717) is 22.7 Å². The number of pyridine rings is 1. The van der Waals surface area contributed by atoms with Gasteiger partial charge in [0.1, 0.15) is 6.07 Å². The Labute approximate surface area is 181 Å². The van der Waals surface area contributed by atoms with Crippen LogP contribution in [0.4, 0.5) is 10.1 Å². The Kier molecular flexibility index (Phi) is 8.30. The van der Waals surface area contributed by atoms with Gasteiger partial charge in [0.15, 0.2) is 17.8 Å². The second-order valence-electron chi connectivity index (χ2n) is 5.42. The number of halogens is 3. The van der Waals surface area contributed by atoms with Gasteiger partial charge in [0.05, 0.1) is 28.3 Å². The Bertz CT molecular complexity index is 1080. The van der Waals surface area contributed by atoms with E-state index in [1.165, 1.54) is 0 Å². The van der Waals surface area contributed by atoms with Crippen LogP contribution in [-0.4, -0.2) is 27.9 Å². The van der Waals surface area contributed by atoms with E-state index >= 15 is 0 Å². The molecule has 0 fully saturated rings. The number of nitrogens with one attached hydrogen (secondary N) is 1. The molecule has 0 amide bonds. The molecule has 0 aliphatic heterocycles. The zero-order valence-electron chi connectivity index (χ0n) is 14.9. The number of fused-ring (bicyclic) bond motifs is 1. The van der Waals surface area contributed by atoms with Crippen molar-refractivity contribution in [3.8, 4) is 6.07 Å². The van der Waals surface area contributed by atoms with Crippen LogP contribution in [0, 0.1) is 18.3 Å². The van der Waals surface area contributed by atoms with E-state index in [0.717, 1.165) is 28.4 Å². The van der Waals surface area contributed by atoms with Gasteiger partial charge >= 0.3 is 0 Å². The molecular formula is C18H15ClFIN5OP. The molecule has 10 heteroatoms. The summed E-state index contributed by atoms with van der Waals surface area (Å²) >= 11 is 7.84. The monoisotopic (exact) mass is 529 g/mol.